The lowest BCUT2D eigenvalue weighted by atomic mass is 10.3. The van der Waals surface area contributed by atoms with Crippen molar-refractivity contribution in [3.8, 4) is 0 Å². The third kappa shape index (κ3) is 1.97. The number of carboxylic acid groups (broad SMARTS) is 1. The molecule has 0 aliphatic rings. The van der Waals surface area contributed by atoms with Gasteiger partial charge in [0, 0.05) is 0 Å². The van der Waals surface area contributed by atoms with Gasteiger partial charge < -0.3 is 10.8 Å². The fourth-order valence-corrected chi connectivity index (χ4v) is 1.18. The molecule has 0 saturated heterocycles. The van der Waals surface area contributed by atoms with E-state index in [1.165, 1.54) is 0 Å². The smallest absolute Gasteiger partial charge is 0.341 e. The highest BCUT2D eigenvalue weighted by Gasteiger charge is 2.12. The Bertz CT molecular complexity index is 563. The summed E-state index contributed by atoms with van der Waals surface area (Å²) in [5, 5.41) is 28.7. The van der Waals surface area contributed by atoms with Crippen LogP contribution in [0.2, 0.25) is 0 Å². The van der Waals surface area contributed by atoms with E-state index in [0.717, 1.165) is 6.20 Å². The fraction of sp³-hybridized carbons (Fsp3) is 0.125. The van der Waals surface area contributed by atoms with Gasteiger partial charge in [-0.15, -0.1) is 10.2 Å². The first-order chi connectivity index (χ1) is 8.09. The highest BCUT2D eigenvalue weighted by atomic mass is 16.4. The number of aromatic nitrogens is 4. The minimum atomic E-state index is -1.13. The van der Waals surface area contributed by atoms with E-state index in [4.69, 9.17) is 10.8 Å². The summed E-state index contributed by atoms with van der Waals surface area (Å²) in [6, 6.07) is 0. The molecule has 0 fully saturated rings. The van der Waals surface area contributed by atoms with Crippen molar-refractivity contribution >= 4 is 23.3 Å². The number of carbonyl (C=O) groups is 1. The number of nitrogens with one attached hydrogen (secondary N) is 2. The molecule has 0 atom stereocenters. The van der Waals surface area contributed by atoms with Gasteiger partial charge in [0.15, 0.2) is 17.3 Å². The van der Waals surface area contributed by atoms with Gasteiger partial charge in [-0.05, 0) is 6.92 Å². The summed E-state index contributed by atoms with van der Waals surface area (Å²) < 4.78 is 0. The van der Waals surface area contributed by atoms with E-state index in [-0.39, 0.29) is 17.2 Å². The number of azo groups is 1. The fourth-order valence-electron chi connectivity index (χ4n) is 1.18. The van der Waals surface area contributed by atoms with Crippen LogP contribution in [0.1, 0.15) is 16.1 Å². The maximum atomic E-state index is 10.8. The van der Waals surface area contributed by atoms with E-state index in [2.05, 4.69) is 30.6 Å². The molecule has 17 heavy (non-hydrogen) atoms. The molecule has 9 nitrogen and oxygen atoms in total. The van der Waals surface area contributed by atoms with Crippen LogP contribution in [0.4, 0.5) is 17.3 Å². The third-order valence-corrected chi connectivity index (χ3v) is 2.04. The molecule has 88 valence electrons. The standard InChI is InChI=1S/C8H9N7O2/c1-3-5(6(9)13-11-3)12-15-7-4(8(16)17)2-10-14-7/h2H,1H3,(H,10,14)(H,16,17)(H3,9,11,13). The zero-order valence-corrected chi connectivity index (χ0v) is 8.80. The zero-order chi connectivity index (χ0) is 12.4. The Hall–Kier alpha value is -2.71. The first kappa shape index (κ1) is 10.8. The van der Waals surface area contributed by atoms with Gasteiger partial charge in [-0.1, -0.05) is 0 Å². The topological polar surface area (TPSA) is 145 Å². The van der Waals surface area contributed by atoms with Crippen molar-refractivity contribution in [2.75, 3.05) is 5.73 Å². The summed E-state index contributed by atoms with van der Waals surface area (Å²) in [5.74, 6) is -0.885. The van der Waals surface area contributed by atoms with Crippen molar-refractivity contribution in [1.82, 2.24) is 20.4 Å². The maximum absolute atomic E-state index is 10.8. The Morgan fingerprint density at radius 3 is 2.82 bits per heavy atom. The Kier molecular flexibility index (Phi) is 2.57. The van der Waals surface area contributed by atoms with Crippen LogP contribution in [-0.4, -0.2) is 31.5 Å². The van der Waals surface area contributed by atoms with Crippen LogP contribution in [0.3, 0.4) is 0 Å². The van der Waals surface area contributed by atoms with Gasteiger partial charge in [-0.2, -0.15) is 10.2 Å². The normalized spacial score (nSPS) is 11.1. The van der Waals surface area contributed by atoms with Gasteiger partial charge in [0.25, 0.3) is 0 Å². The molecule has 0 spiro atoms. The number of nitrogen functional groups attached to an aromatic ring is 1. The Morgan fingerprint density at radius 2 is 2.24 bits per heavy atom. The largest absolute Gasteiger partial charge is 0.477 e. The molecule has 2 heterocycles. The van der Waals surface area contributed by atoms with Crippen LogP contribution in [0.15, 0.2) is 16.4 Å². The van der Waals surface area contributed by atoms with Crippen molar-refractivity contribution in [3.05, 3.63) is 17.5 Å². The van der Waals surface area contributed by atoms with Gasteiger partial charge >= 0.3 is 5.97 Å². The molecule has 0 amide bonds. The van der Waals surface area contributed by atoms with Crippen LogP contribution in [0, 0.1) is 6.92 Å². The highest BCUT2D eigenvalue weighted by Crippen LogP contribution is 2.26. The maximum Gasteiger partial charge on any atom is 0.341 e. The van der Waals surface area contributed by atoms with E-state index in [0.29, 0.717) is 11.4 Å². The van der Waals surface area contributed by atoms with Crippen molar-refractivity contribution in [1.29, 1.82) is 0 Å². The summed E-state index contributed by atoms with van der Waals surface area (Å²) in [7, 11) is 0. The average molecular weight is 235 g/mol. The highest BCUT2D eigenvalue weighted by molar-refractivity contribution is 5.91. The number of aromatic carboxylic acids is 1. The van der Waals surface area contributed by atoms with E-state index >= 15 is 0 Å². The second kappa shape index (κ2) is 4.04. The van der Waals surface area contributed by atoms with Crippen LogP contribution in [0.25, 0.3) is 0 Å². The van der Waals surface area contributed by atoms with Gasteiger partial charge in [-0.25, -0.2) is 4.79 Å². The van der Waals surface area contributed by atoms with E-state index in [9.17, 15) is 4.79 Å². The van der Waals surface area contributed by atoms with Crippen LogP contribution in [-0.2, 0) is 0 Å². The van der Waals surface area contributed by atoms with Crippen LogP contribution >= 0.6 is 0 Å². The molecule has 0 saturated carbocycles. The van der Waals surface area contributed by atoms with Crippen molar-refractivity contribution < 1.29 is 9.90 Å². The minimum Gasteiger partial charge on any atom is -0.477 e. The Morgan fingerprint density at radius 1 is 1.47 bits per heavy atom. The summed E-state index contributed by atoms with van der Waals surface area (Å²) in [6.07, 6.45) is 1.16. The first-order valence-electron chi connectivity index (χ1n) is 4.58. The summed E-state index contributed by atoms with van der Waals surface area (Å²) >= 11 is 0. The Labute approximate surface area is 94.8 Å². The number of H-pyrrole nitrogens is 2. The molecular formula is C8H9N7O2. The molecule has 0 aromatic carbocycles. The molecule has 2 rings (SSSR count). The SMILES string of the molecule is Cc1[nH]nc(N)c1N=Nc1[nH]ncc1C(=O)O. The number of nitrogens with two attached hydrogens (primary N) is 1. The molecule has 0 radical (unpaired) electrons. The lowest BCUT2D eigenvalue weighted by Gasteiger charge is -1.91. The van der Waals surface area contributed by atoms with Crippen LogP contribution in [0.5, 0.6) is 0 Å². The number of hydrogen-bond donors (Lipinski definition) is 4. The second-order valence-corrected chi connectivity index (χ2v) is 3.22. The summed E-state index contributed by atoms with van der Waals surface area (Å²) in [5.41, 5.74) is 6.49. The van der Waals surface area contributed by atoms with Gasteiger partial charge in [0.2, 0.25) is 0 Å². The third-order valence-electron chi connectivity index (χ3n) is 2.04. The number of hydrogen-bond acceptors (Lipinski definition) is 6. The van der Waals surface area contributed by atoms with Gasteiger partial charge in [-0.3, -0.25) is 10.2 Å². The van der Waals surface area contributed by atoms with E-state index in [1.54, 1.807) is 6.92 Å². The molecule has 0 aliphatic heterocycles. The predicted molar refractivity (Wildman–Crippen MR) is 57.5 cm³/mol. The average Bonchev–Trinajstić information content (AvgIpc) is 2.85. The predicted octanol–water partition coefficient (Wildman–Crippen LogP) is 1.14. The Balaban J connectivity index is 2.32. The number of carboxylic acids is 1. The molecule has 9 heteroatoms. The second-order valence-electron chi connectivity index (χ2n) is 3.22. The van der Waals surface area contributed by atoms with Gasteiger partial charge in [0.1, 0.15) is 5.56 Å². The molecule has 0 unspecified atom stereocenters. The molecule has 2 aromatic rings. The monoisotopic (exact) mass is 235 g/mol. The lowest BCUT2D eigenvalue weighted by Crippen LogP contribution is -1.93. The molecule has 0 bridgehead atoms. The lowest BCUT2D eigenvalue weighted by molar-refractivity contribution is 0.0698. The number of anilines is 1. The number of aromatic amines is 2. The van der Waals surface area contributed by atoms with Crippen molar-refractivity contribution in [2.45, 2.75) is 6.92 Å². The van der Waals surface area contributed by atoms with Crippen molar-refractivity contribution in [3.63, 3.8) is 0 Å². The first-order valence-corrected chi connectivity index (χ1v) is 4.58. The molecule has 5 N–H and O–H groups in total. The number of nitrogens with zero attached hydrogens (tertiary/aromatic N) is 4. The molecule has 0 aliphatic carbocycles. The number of rotatable bonds is 3. The summed E-state index contributed by atoms with van der Waals surface area (Å²) in [4.78, 5) is 10.8. The molecule has 2 aromatic heterocycles. The van der Waals surface area contributed by atoms with E-state index < -0.39 is 5.97 Å². The van der Waals surface area contributed by atoms with Crippen molar-refractivity contribution in [2.24, 2.45) is 10.2 Å². The number of aryl methyl sites for hydroxylation is 1. The van der Waals surface area contributed by atoms with Crippen LogP contribution < -0.4 is 5.73 Å². The minimum absolute atomic E-state index is 0.0532. The van der Waals surface area contributed by atoms with Gasteiger partial charge in [0.05, 0.1) is 11.9 Å². The summed E-state index contributed by atoms with van der Waals surface area (Å²) in [6.45, 7) is 1.72. The quantitative estimate of drug-likeness (QED) is 0.589. The molecular weight excluding hydrogens is 226 g/mol. The van der Waals surface area contributed by atoms with E-state index in [1.807, 2.05) is 0 Å². The zero-order valence-electron chi connectivity index (χ0n) is 8.80.